The van der Waals surface area contributed by atoms with Gasteiger partial charge in [-0.3, -0.25) is 9.97 Å². The van der Waals surface area contributed by atoms with E-state index in [4.69, 9.17) is 16.9 Å². The molecule has 0 atom stereocenters. The minimum Gasteiger partial charge on any atom is -0.399 e. The van der Waals surface area contributed by atoms with Gasteiger partial charge in [0.1, 0.15) is 5.82 Å². The van der Waals surface area contributed by atoms with E-state index in [2.05, 4.69) is 20.2 Å². The first-order chi connectivity index (χ1) is 17.9. The number of hydrogen-bond acceptors (Lipinski definition) is 7. The summed E-state index contributed by atoms with van der Waals surface area (Å²) in [5.74, 6) is 1.91. The van der Waals surface area contributed by atoms with E-state index < -0.39 is 0 Å². The molecule has 3 N–H and O–H groups in total. The van der Waals surface area contributed by atoms with Crippen LogP contribution >= 0.6 is 0 Å². The number of hydrogen-bond donors (Lipinski definition) is 2. The Morgan fingerprint density at radius 1 is 1.09 bits per heavy atom. The van der Waals surface area contributed by atoms with Gasteiger partial charge in [0.25, 0.3) is 0 Å². The van der Waals surface area contributed by atoms with Gasteiger partial charge in [-0.25, -0.2) is 9.97 Å². The van der Waals surface area contributed by atoms with Gasteiger partial charge < -0.3 is 15.9 Å². The lowest BCUT2D eigenvalue weighted by Gasteiger charge is -2.30. The normalized spacial score (nSPS) is 18.5. The molecule has 6 rings (SSSR count). The second kappa shape index (κ2) is 7.84. The highest BCUT2D eigenvalue weighted by molar-refractivity contribution is 5.94. The molecule has 0 bridgehead atoms. The number of piperazine rings is 1. The van der Waals surface area contributed by atoms with Crippen LogP contribution in [0.25, 0.3) is 33.5 Å². The number of nitrogen functional groups attached to an aromatic ring is 1. The van der Waals surface area contributed by atoms with Crippen molar-refractivity contribution in [3.05, 3.63) is 60.5 Å². The van der Waals surface area contributed by atoms with Crippen molar-refractivity contribution in [2.45, 2.75) is 18.8 Å². The minimum absolute atomic E-state index is 0.0927. The average molecular weight is 429 g/mol. The topological polar surface area (TPSA) is 92.9 Å². The Hall–Kier alpha value is -3.58. The van der Waals surface area contributed by atoms with Crippen LogP contribution in [-0.4, -0.2) is 46.1 Å². The molecule has 4 aromatic rings. The van der Waals surface area contributed by atoms with Crippen LogP contribution in [0.15, 0.2) is 54.9 Å². The summed E-state index contributed by atoms with van der Waals surface area (Å²) in [7, 11) is 0. The first kappa shape index (κ1) is 14.5. The third kappa shape index (κ3) is 3.54. The monoisotopic (exact) mass is 428 g/mol. The van der Waals surface area contributed by atoms with Gasteiger partial charge in [-0.05, 0) is 48.6 Å². The Morgan fingerprint density at radius 3 is 2.84 bits per heavy atom. The summed E-state index contributed by atoms with van der Waals surface area (Å²) in [6.07, 6.45) is 7.63. The molecule has 0 radical (unpaired) electrons. The molecular weight excluding hydrogens is 398 g/mol. The molecule has 7 heteroatoms. The molecule has 7 nitrogen and oxygen atoms in total. The first-order valence-corrected chi connectivity index (χ1v) is 10.9. The van der Waals surface area contributed by atoms with E-state index in [0.717, 1.165) is 55.7 Å². The predicted octanol–water partition coefficient (Wildman–Crippen LogP) is 3.62. The van der Waals surface area contributed by atoms with E-state index in [9.17, 15) is 0 Å². The van der Waals surface area contributed by atoms with Crippen molar-refractivity contribution < 1.29 is 6.94 Å². The lowest BCUT2D eigenvalue weighted by Crippen LogP contribution is -2.44. The average Bonchev–Trinajstić information content (AvgIpc) is 3.77. The molecule has 2 aliphatic rings. The minimum atomic E-state index is -0.356. The quantitative estimate of drug-likeness (QED) is 0.469. The maximum Gasteiger partial charge on any atom is 0.162 e. The van der Waals surface area contributed by atoms with Gasteiger partial charge in [0.15, 0.2) is 8.65 Å². The standard InChI is InChI=1S/C25H25N7/c26-19-3-1-2-17(12-19)21-13-18(6-7-29-21)24-30-22-15-28-14-20(16-4-5-16)23(22)25(31-24)32-10-8-27-9-11-32/h1-3,6-7,12-16,27H,4-5,8-11,26H2/i1D,2D,3D/hD2. The molecule has 32 heavy (non-hydrogen) atoms. The number of fused-ring (bicyclic) bond motifs is 1. The van der Waals surface area contributed by atoms with Gasteiger partial charge >= 0.3 is 0 Å². The van der Waals surface area contributed by atoms with Crippen molar-refractivity contribution in [3.8, 4) is 22.6 Å². The third-order valence-corrected chi connectivity index (χ3v) is 6.01. The largest absolute Gasteiger partial charge is 0.399 e. The van der Waals surface area contributed by atoms with E-state index >= 15 is 0 Å². The molecular formula is C25H25N7. The fourth-order valence-electron chi connectivity index (χ4n) is 4.25. The summed E-state index contributed by atoms with van der Waals surface area (Å²) in [5.41, 5.74) is 3.52. The Labute approximate surface area is 193 Å². The smallest absolute Gasteiger partial charge is 0.162 e. The van der Waals surface area contributed by atoms with E-state index in [1.165, 1.54) is 11.6 Å². The van der Waals surface area contributed by atoms with Crippen molar-refractivity contribution in [3.63, 3.8) is 0 Å². The van der Waals surface area contributed by atoms with Crippen molar-refractivity contribution in [1.29, 1.82) is 0 Å². The number of anilines is 2. The summed E-state index contributed by atoms with van der Waals surface area (Å²) in [6, 6.07) is 4.06. The number of nitrogens with two attached hydrogens (primary N) is 1. The maximum absolute atomic E-state index is 8.39. The number of pyridine rings is 2. The molecule has 1 aromatic carbocycles. The van der Waals surface area contributed by atoms with Gasteiger partial charge in [-0.15, -0.1) is 0 Å². The molecule has 1 aliphatic heterocycles. The van der Waals surface area contributed by atoms with E-state index in [-0.39, 0.29) is 35.1 Å². The molecule has 0 amide bonds. The number of benzene rings is 1. The van der Waals surface area contributed by atoms with Crippen LogP contribution in [0.3, 0.4) is 0 Å². The fourth-order valence-corrected chi connectivity index (χ4v) is 4.25. The summed E-state index contributed by atoms with van der Waals surface area (Å²) in [5, 5.41) is 4.46. The Morgan fingerprint density at radius 2 is 2.00 bits per heavy atom. The Kier molecular flexibility index (Phi) is 3.55. The predicted molar refractivity (Wildman–Crippen MR) is 127 cm³/mol. The molecule has 0 unspecified atom stereocenters. The molecule has 1 saturated heterocycles. The van der Waals surface area contributed by atoms with Gasteiger partial charge in [0, 0.05) is 60.8 Å². The lowest BCUT2D eigenvalue weighted by molar-refractivity contribution is 0.586. The van der Waals surface area contributed by atoms with Gasteiger partial charge in [-0.2, -0.15) is 0 Å². The van der Waals surface area contributed by atoms with Crippen LogP contribution in [0.1, 0.15) is 28.4 Å². The van der Waals surface area contributed by atoms with Crippen LogP contribution in [0.5, 0.6) is 0 Å². The number of nitrogens with one attached hydrogen (secondary N) is 1. The highest BCUT2D eigenvalue weighted by Crippen LogP contribution is 2.44. The summed E-state index contributed by atoms with van der Waals surface area (Å²) < 4.78 is 39.7. The molecule has 3 aromatic heterocycles. The first-order valence-electron chi connectivity index (χ1n) is 13.3. The molecule has 1 saturated carbocycles. The Bertz CT molecular complexity index is 1500. The lowest BCUT2D eigenvalue weighted by atomic mass is 10.1. The molecule has 4 heterocycles. The van der Waals surface area contributed by atoms with Gasteiger partial charge in [-0.1, -0.05) is 12.1 Å². The van der Waals surface area contributed by atoms with E-state index in [1.54, 1.807) is 24.5 Å². The van der Waals surface area contributed by atoms with Crippen molar-refractivity contribution in [2.24, 2.45) is 0 Å². The highest BCUT2D eigenvalue weighted by Gasteiger charge is 2.29. The summed E-state index contributed by atoms with van der Waals surface area (Å²) in [6.45, 7) is 3.44. The van der Waals surface area contributed by atoms with Crippen LogP contribution in [0.4, 0.5) is 11.5 Å². The molecule has 2 fully saturated rings. The second-order valence-electron chi connectivity index (χ2n) is 8.25. The van der Waals surface area contributed by atoms with Crippen molar-refractivity contribution in [2.75, 3.05) is 36.8 Å². The highest BCUT2D eigenvalue weighted by atomic mass is 15.2. The third-order valence-electron chi connectivity index (χ3n) is 6.01. The zero-order valence-corrected chi connectivity index (χ0v) is 17.5. The summed E-state index contributed by atoms with van der Waals surface area (Å²) in [4.78, 5) is 21.1. The number of nitrogens with zero attached hydrogens (tertiary/aromatic N) is 5. The van der Waals surface area contributed by atoms with Gasteiger partial charge in [0.05, 0.1) is 21.5 Å². The van der Waals surface area contributed by atoms with Crippen LogP contribution in [0, 0.1) is 0 Å². The zero-order valence-electron chi connectivity index (χ0n) is 22.5. The van der Waals surface area contributed by atoms with Crippen LogP contribution in [0.2, 0.25) is 2.82 Å². The second-order valence-corrected chi connectivity index (χ2v) is 8.25. The molecule has 160 valence electrons. The summed E-state index contributed by atoms with van der Waals surface area (Å²) >= 11 is 0. The molecule has 0 spiro atoms. The fraction of sp³-hybridized carbons (Fsp3) is 0.280. The maximum atomic E-state index is 8.39. The van der Waals surface area contributed by atoms with Crippen LogP contribution < -0.4 is 15.9 Å². The van der Waals surface area contributed by atoms with Crippen molar-refractivity contribution in [1.82, 2.24) is 25.3 Å². The zero-order chi connectivity index (χ0) is 25.7. The van der Waals surface area contributed by atoms with E-state index in [1.807, 2.05) is 6.20 Å². The SMILES string of the molecule is [2H]c1c(-c2cc(-c3nc(N4CCNCC4)c4c(C5CC5)cncc4n3)ccn2)cc(N([2H])[2H])c([2H])c1[2H]. The Balaban J connectivity index is 1.51. The van der Waals surface area contributed by atoms with Gasteiger partial charge in [0.2, 0.25) is 0 Å². The van der Waals surface area contributed by atoms with E-state index in [0.29, 0.717) is 23.0 Å². The number of rotatable bonds is 5. The van der Waals surface area contributed by atoms with Crippen LogP contribution in [-0.2, 0) is 0 Å². The molecule has 1 aliphatic carbocycles. The number of aromatic nitrogens is 4. The van der Waals surface area contributed by atoms with Crippen molar-refractivity contribution >= 4 is 22.4 Å².